The minimum Gasteiger partial charge on any atom is -0.222 e. The Hall–Kier alpha value is -1.90. The van der Waals surface area contributed by atoms with Gasteiger partial charge in [0, 0.05) is 10.2 Å². The second-order valence-corrected chi connectivity index (χ2v) is 1.53. The Morgan fingerprint density at radius 1 is 1.00 bits per heavy atom. The number of hydrogen-bond donors (Lipinski definition) is 3. The number of carbonyl (C=O) groups excluding carboxylic acids is 3. The zero-order valence-electron chi connectivity index (χ0n) is 6.51. The molecule has 0 heterocycles. The van der Waals surface area contributed by atoms with Gasteiger partial charge in [0.2, 0.25) is 18.2 Å². The van der Waals surface area contributed by atoms with Crippen molar-refractivity contribution in [2.75, 3.05) is 0 Å². The Bertz CT molecular complexity index is 146. The first kappa shape index (κ1) is 22.5. The van der Waals surface area contributed by atoms with Gasteiger partial charge in [0.05, 0.1) is 0 Å². The molecular formula is C5H9N3O3Si. The SMILES string of the molecule is C=C[SiH3].N=C=O.N=C=O.N=C=O. The van der Waals surface area contributed by atoms with Crippen LogP contribution in [0.4, 0.5) is 0 Å². The summed E-state index contributed by atoms with van der Waals surface area (Å²) in [6, 6.07) is 0. The van der Waals surface area contributed by atoms with E-state index in [4.69, 9.17) is 30.6 Å². The summed E-state index contributed by atoms with van der Waals surface area (Å²) in [5.41, 5.74) is 1.89. The zero-order valence-corrected chi connectivity index (χ0v) is 8.51. The van der Waals surface area contributed by atoms with Gasteiger partial charge >= 0.3 is 0 Å². The highest BCUT2D eigenvalue weighted by atomic mass is 28.1. The summed E-state index contributed by atoms with van der Waals surface area (Å²) in [6.45, 7) is 3.42. The summed E-state index contributed by atoms with van der Waals surface area (Å²) in [5, 5.41) is 16.2. The van der Waals surface area contributed by atoms with Gasteiger partial charge in [-0.1, -0.05) is 0 Å². The van der Waals surface area contributed by atoms with Gasteiger partial charge in [-0.15, -0.1) is 12.3 Å². The molecule has 12 heavy (non-hydrogen) atoms. The van der Waals surface area contributed by atoms with Crippen LogP contribution in [0.1, 0.15) is 0 Å². The molecule has 0 amide bonds. The van der Waals surface area contributed by atoms with Crippen molar-refractivity contribution in [3.8, 4) is 0 Å². The molecule has 0 saturated carbocycles. The Labute approximate surface area is 72.2 Å². The highest BCUT2D eigenvalue weighted by Crippen LogP contribution is 1.24. The Morgan fingerprint density at radius 2 is 1.00 bits per heavy atom. The summed E-state index contributed by atoms with van der Waals surface area (Å²) in [4.78, 5) is 25.0. The monoisotopic (exact) mass is 187 g/mol. The molecular weight excluding hydrogens is 178 g/mol. The molecule has 0 aromatic rings. The van der Waals surface area contributed by atoms with Crippen LogP contribution in [0.5, 0.6) is 0 Å². The van der Waals surface area contributed by atoms with Gasteiger partial charge in [0.1, 0.15) is 0 Å². The van der Waals surface area contributed by atoms with E-state index in [0.717, 1.165) is 28.5 Å². The molecule has 0 aromatic heterocycles. The van der Waals surface area contributed by atoms with Crippen LogP contribution in [0.2, 0.25) is 0 Å². The van der Waals surface area contributed by atoms with E-state index in [1.807, 2.05) is 5.70 Å². The van der Waals surface area contributed by atoms with Crippen LogP contribution in [0.15, 0.2) is 12.3 Å². The molecule has 3 N–H and O–H groups in total. The molecule has 0 unspecified atom stereocenters. The van der Waals surface area contributed by atoms with Crippen molar-refractivity contribution in [2.45, 2.75) is 0 Å². The smallest absolute Gasteiger partial charge is 0.222 e. The molecule has 0 atom stereocenters. The van der Waals surface area contributed by atoms with E-state index in [1.54, 1.807) is 0 Å². The van der Waals surface area contributed by atoms with Gasteiger partial charge in [-0.3, -0.25) is 0 Å². The van der Waals surface area contributed by atoms with Gasteiger partial charge < -0.3 is 0 Å². The first-order valence-electron chi connectivity index (χ1n) is 2.35. The quantitative estimate of drug-likeness (QED) is 0.261. The maximum absolute atomic E-state index is 8.35. The van der Waals surface area contributed by atoms with E-state index in [1.165, 1.54) is 0 Å². The van der Waals surface area contributed by atoms with Gasteiger partial charge in [0.25, 0.3) is 0 Å². The van der Waals surface area contributed by atoms with Crippen LogP contribution in [0.3, 0.4) is 0 Å². The van der Waals surface area contributed by atoms with Crippen molar-refractivity contribution in [2.24, 2.45) is 0 Å². The first-order valence-corrected chi connectivity index (χ1v) is 3.50. The molecule has 0 aliphatic heterocycles. The largest absolute Gasteiger partial charge is 0.231 e. The van der Waals surface area contributed by atoms with E-state index in [0.29, 0.717) is 0 Å². The van der Waals surface area contributed by atoms with Gasteiger partial charge in [-0.2, -0.15) is 0 Å². The van der Waals surface area contributed by atoms with E-state index in [9.17, 15) is 0 Å². The lowest BCUT2D eigenvalue weighted by Crippen LogP contribution is -1.29. The molecule has 6 nitrogen and oxygen atoms in total. The summed E-state index contributed by atoms with van der Waals surface area (Å²) < 4.78 is 0. The third-order valence-electron chi connectivity index (χ3n) is 0. The van der Waals surface area contributed by atoms with Crippen LogP contribution in [-0.4, -0.2) is 28.5 Å². The molecule has 0 aliphatic carbocycles. The normalized spacial score (nSPS) is 3.33. The fourth-order valence-corrected chi connectivity index (χ4v) is 0. The average molecular weight is 187 g/mol. The average Bonchev–Trinajstić information content (AvgIpc) is 1.92. The topological polar surface area (TPSA) is 123 Å². The predicted molar refractivity (Wildman–Crippen MR) is 45.4 cm³/mol. The number of rotatable bonds is 0. The van der Waals surface area contributed by atoms with Crippen molar-refractivity contribution in [3.05, 3.63) is 12.3 Å². The fraction of sp³-hybridized carbons (Fsp3) is 0. The van der Waals surface area contributed by atoms with Crippen molar-refractivity contribution in [1.29, 1.82) is 16.2 Å². The minimum absolute atomic E-state index is 0.750. The van der Waals surface area contributed by atoms with Crippen LogP contribution < -0.4 is 0 Å². The van der Waals surface area contributed by atoms with Gasteiger partial charge in [-0.25, -0.2) is 30.6 Å². The lowest BCUT2D eigenvalue weighted by molar-refractivity contribution is 0.562. The molecule has 0 saturated heterocycles. The molecule has 0 fully saturated rings. The van der Waals surface area contributed by atoms with Crippen molar-refractivity contribution in [3.63, 3.8) is 0 Å². The van der Waals surface area contributed by atoms with Gasteiger partial charge in [-0.05, 0) is 0 Å². The maximum Gasteiger partial charge on any atom is 0.231 e. The van der Waals surface area contributed by atoms with Crippen molar-refractivity contribution >= 4 is 28.5 Å². The molecule has 66 valence electrons. The summed E-state index contributed by atoms with van der Waals surface area (Å²) in [5.74, 6) is 0. The molecule has 0 aromatic carbocycles. The summed E-state index contributed by atoms with van der Waals surface area (Å²) in [7, 11) is 1.13. The standard InChI is InChI=1S/C2H6Si.3CHNO/c1-2-3;3*2-1-3/h2H,1H2,3H3;3*2H. The molecule has 0 spiro atoms. The lowest BCUT2D eigenvalue weighted by Gasteiger charge is -1.29. The minimum atomic E-state index is 0.750. The zero-order chi connectivity index (χ0) is 10.8. The first-order chi connectivity index (χ1) is 5.66. The van der Waals surface area contributed by atoms with Crippen LogP contribution in [-0.2, 0) is 14.4 Å². The summed E-state index contributed by atoms with van der Waals surface area (Å²) in [6.07, 6.45) is 2.25. The Balaban J connectivity index is -0.0000000356. The van der Waals surface area contributed by atoms with Crippen molar-refractivity contribution in [1.82, 2.24) is 0 Å². The lowest BCUT2D eigenvalue weighted by atomic mass is 11.3. The molecule has 0 bridgehead atoms. The fourth-order valence-electron chi connectivity index (χ4n) is 0. The number of isocyanates is 3. The number of hydrogen-bond acceptors (Lipinski definition) is 6. The maximum atomic E-state index is 8.35. The Morgan fingerprint density at radius 3 is 1.00 bits per heavy atom. The Kier molecular flexibility index (Phi) is 254. The highest BCUT2D eigenvalue weighted by molar-refractivity contribution is 6.16. The number of nitrogens with one attached hydrogen (secondary N) is 3. The molecule has 7 heteroatoms. The van der Waals surface area contributed by atoms with E-state index < -0.39 is 0 Å². The second-order valence-electron chi connectivity index (χ2n) is 0.714. The third kappa shape index (κ3) is 113. The van der Waals surface area contributed by atoms with Crippen LogP contribution in [0.25, 0.3) is 0 Å². The van der Waals surface area contributed by atoms with Crippen LogP contribution >= 0.6 is 0 Å². The van der Waals surface area contributed by atoms with E-state index in [-0.39, 0.29) is 0 Å². The van der Waals surface area contributed by atoms with Crippen LogP contribution in [0, 0.1) is 16.2 Å². The molecule has 0 radical (unpaired) electrons. The third-order valence-corrected chi connectivity index (χ3v) is 0. The van der Waals surface area contributed by atoms with E-state index >= 15 is 0 Å². The van der Waals surface area contributed by atoms with Gasteiger partial charge in [0.15, 0.2) is 0 Å². The second kappa shape index (κ2) is 136. The van der Waals surface area contributed by atoms with Crippen molar-refractivity contribution < 1.29 is 14.4 Å². The van der Waals surface area contributed by atoms with E-state index in [2.05, 4.69) is 6.58 Å². The molecule has 0 rings (SSSR count). The summed E-state index contributed by atoms with van der Waals surface area (Å²) >= 11 is 0. The predicted octanol–water partition coefficient (Wildman–Crippen LogP) is -0.802. The highest BCUT2D eigenvalue weighted by Gasteiger charge is 1.16. The molecule has 0 aliphatic rings.